The van der Waals surface area contributed by atoms with Crippen LogP contribution >= 0.6 is 11.6 Å². The van der Waals surface area contributed by atoms with Gasteiger partial charge < -0.3 is 20.1 Å². The number of ether oxygens (including phenoxy) is 1. The van der Waals surface area contributed by atoms with Crippen LogP contribution in [-0.2, 0) is 13.0 Å². The number of aromatic nitrogens is 3. The van der Waals surface area contributed by atoms with Gasteiger partial charge in [0.2, 0.25) is 0 Å². The molecule has 3 N–H and O–H groups in total. The van der Waals surface area contributed by atoms with Crippen molar-refractivity contribution in [2.45, 2.75) is 25.9 Å². The van der Waals surface area contributed by atoms with Gasteiger partial charge in [0, 0.05) is 18.0 Å². The molecule has 6 nitrogen and oxygen atoms in total. The standard InChI is InChI=1S/C23H22ClFN4O2/c24-19-11-18(7-8-21(19)31-13-15-4-3-5-16(25)10-15)29-23-22-20(26-14-27-23)12-17(28-22)6-1-2-9-30/h3-5,7-8,10-12,14,28,30H,1-2,6,9,13H2,(H,26,27,29). The van der Waals surface area contributed by atoms with Crippen molar-refractivity contribution in [3.63, 3.8) is 0 Å². The molecule has 31 heavy (non-hydrogen) atoms. The average Bonchev–Trinajstić information content (AvgIpc) is 3.17. The van der Waals surface area contributed by atoms with Crippen molar-refractivity contribution >= 4 is 34.1 Å². The van der Waals surface area contributed by atoms with Crippen molar-refractivity contribution in [1.82, 2.24) is 15.0 Å². The monoisotopic (exact) mass is 440 g/mol. The van der Waals surface area contributed by atoms with Crippen LogP contribution in [0.2, 0.25) is 5.02 Å². The molecule has 0 saturated carbocycles. The number of nitrogens with one attached hydrogen (secondary N) is 2. The number of rotatable bonds is 9. The second-order valence-corrected chi connectivity index (χ2v) is 7.55. The molecule has 0 aliphatic rings. The summed E-state index contributed by atoms with van der Waals surface area (Å²) in [5.41, 5.74) is 4.15. The lowest BCUT2D eigenvalue weighted by atomic mass is 10.2. The number of hydrogen-bond acceptors (Lipinski definition) is 5. The van der Waals surface area contributed by atoms with Gasteiger partial charge in [-0.05, 0) is 61.2 Å². The first-order valence-electron chi connectivity index (χ1n) is 9.99. The van der Waals surface area contributed by atoms with Gasteiger partial charge >= 0.3 is 0 Å². The number of halogens is 2. The van der Waals surface area contributed by atoms with Crippen LogP contribution in [0.5, 0.6) is 5.75 Å². The van der Waals surface area contributed by atoms with E-state index in [-0.39, 0.29) is 19.0 Å². The van der Waals surface area contributed by atoms with Crippen LogP contribution < -0.4 is 10.1 Å². The first kappa shape index (κ1) is 21.1. The van der Waals surface area contributed by atoms with Crippen molar-refractivity contribution in [2.75, 3.05) is 11.9 Å². The highest BCUT2D eigenvalue weighted by Crippen LogP contribution is 2.31. The third-order valence-corrected chi connectivity index (χ3v) is 5.10. The normalized spacial score (nSPS) is 11.1. The Balaban J connectivity index is 1.46. The maximum atomic E-state index is 13.3. The predicted octanol–water partition coefficient (Wildman–Crippen LogP) is 5.39. The molecule has 0 bridgehead atoms. The zero-order valence-corrected chi connectivity index (χ0v) is 17.5. The molecular weight excluding hydrogens is 419 g/mol. The Hall–Kier alpha value is -3.16. The Kier molecular flexibility index (Phi) is 6.64. The minimum absolute atomic E-state index is 0.190. The molecule has 0 aliphatic carbocycles. The largest absolute Gasteiger partial charge is 0.487 e. The van der Waals surface area contributed by atoms with E-state index in [1.807, 2.05) is 12.1 Å². The smallest absolute Gasteiger partial charge is 0.158 e. The first-order chi connectivity index (χ1) is 15.1. The van der Waals surface area contributed by atoms with Crippen molar-refractivity contribution in [2.24, 2.45) is 0 Å². The number of aryl methyl sites for hydroxylation is 1. The third kappa shape index (κ3) is 5.31. The summed E-state index contributed by atoms with van der Waals surface area (Å²) in [5.74, 6) is 0.849. The summed E-state index contributed by atoms with van der Waals surface area (Å²) in [4.78, 5) is 12.0. The number of benzene rings is 2. The van der Waals surface area contributed by atoms with Gasteiger partial charge in [-0.25, -0.2) is 14.4 Å². The molecule has 2 aromatic heterocycles. The summed E-state index contributed by atoms with van der Waals surface area (Å²) in [6.45, 7) is 0.411. The van der Waals surface area contributed by atoms with Gasteiger partial charge in [-0.15, -0.1) is 0 Å². The third-order valence-electron chi connectivity index (χ3n) is 4.81. The van der Waals surface area contributed by atoms with Gasteiger partial charge in [0.25, 0.3) is 0 Å². The number of aliphatic hydroxyl groups is 1. The number of fused-ring (bicyclic) bond motifs is 1. The number of anilines is 2. The number of unbranched alkanes of at least 4 members (excludes halogenated alkanes) is 1. The molecule has 2 aromatic carbocycles. The molecule has 0 unspecified atom stereocenters. The maximum Gasteiger partial charge on any atom is 0.158 e. The average molecular weight is 441 g/mol. The second-order valence-electron chi connectivity index (χ2n) is 7.15. The first-order valence-corrected chi connectivity index (χ1v) is 10.4. The Morgan fingerprint density at radius 1 is 1.10 bits per heavy atom. The summed E-state index contributed by atoms with van der Waals surface area (Å²) in [6, 6.07) is 13.6. The van der Waals surface area contributed by atoms with Crippen molar-refractivity contribution in [3.8, 4) is 5.75 Å². The van der Waals surface area contributed by atoms with E-state index in [0.29, 0.717) is 16.6 Å². The highest BCUT2D eigenvalue weighted by Gasteiger charge is 2.10. The Bertz CT molecular complexity index is 1180. The van der Waals surface area contributed by atoms with Crippen LogP contribution in [0.15, 0.2) is 54.9 Å². The van der Waals surface area contributed by atoms with E-state index in [2.05, 4.69) is 20.3 Å². The van der Waals surface area contributed by atoms with E-state index in [1.165, 1.54) is 18.5 Å². The number of aliphatic hydroxyl groups excluding tert-OH is 1. The molecule has 0 fully saturated rings. The zero-order valence-electron chi connectivity index (χ0n) is 16.7. The Morgan fingerprint density at radius 2 is 2.00 bits per heavy atom. The molecule has 0 atom stereocenters. The van der Waals surface area contributed by atoms with Gasteiger partial charge in [0.15, 0.2) is 5.82 Å². The van der Waals surface area contributed by atoms with Gasteiger partial charge in [-0.1, -0.05) is 23.7 Å². The van der Waals surface area contributed by atoms with Crippen LogP contribution in [-0.4, -0.2) is 26.7 Å². The molecule has 4 aromatic rings. The molecule has 0 radical (unpaired) electrons. The van der Waals surface area contributed by atoms with Crippen LogP contribution in [0, 0.1) is 5.82 Å². The van der Waals surface area contributed by atoms with Gasteiger partial charge in [-0.2, -0.15) is 0 Å². The lowest BCUT2D eigenvalue weighted by Gasteiger charge is -2.11. The molecule has 0 saturated heterocycles. The summed E-state index contributed by atoms with van der Waals surface area (Å²) in [6.07, 6.45) is 4.00. The van der Waals surface area contributed by atoms with Gasteiger partial charge in [0.05, 0.1) is 10.5 Å². The van der Waals surface area contributed by atoms with Crippen LogP contribution in [0.3, 0.4) is 0 Å². The zero-order chi connectivity index (χ0) is 21.6. The summed E-state index contributed by atoms with van der Waals surface area (Å²) in [7, 11) is 0. The summed E-state index contributed by atoms with van der Waals surface area (Å²) >= 11 is 6.39. The van der Waals surface area contributed by atoms with Crippen LogP contribution in [0.1, 0.15) is 24.1 Å². The molecular formula is C23H22ClFN4O2. The van der Waals surface area contributed by atoms with Crippen molar-refractivity contribution in [3.05, 3.63) is 77.0 Å². The quantitative estimate of drug-likeness (QED) is 0.304. The molecule has 160 valence electrons. The predicted molar refractivity (Wildman–Crippen MR) is 119 cm³/mol. The molecule has 0 aliphatic heterocycles. The fourth-order valence-electron chi connectivity index (χ4n) is 3.27. The highest BCUT2D eigenvalue weighted by atomic mass is 35.5. The number of H-pyrrole nitrogens is 1. The second kappa shape index (κ2) is 9.76. The fourth-order valence-corrected chi connectivity index (χ4v) is 3.51. The van der Waals surface area contributed by atoms with E-state index in [9.17, 15) is 4.39 Å². The van der Waals surface area contributed by atoms with E-state index in [1.54, 1.807) is 24.3 Å². The lowest BCUT2D eigenvalue weighted by Crippen LogP contribution is -1.98. The number of hydrogen-bond donors (Lipinski definition) is 3. The fraction of sp³-hybridized carbons (Fsp3) is 0.217. The topological polar surface area (TPSA) is 83.1 Å². The van der Waals surface area contributed by atoms with E-state index in [4.69, 9.17) is 21.4 Å². The summed E-state index contributed by atoms with van der Waals surface area (Å²) < 4.78 is 19.0. The SMILES string of the molecule is OCCCCc1cc2ncnc(Nc3ccc(OCc4cccc(F)c4)c(Cl)c3)c2[nH]1. The van der Waals surface area contributed by atoms with E-state index < -0.39 is 0 Å². The molecule has 2 heterocycles. The van der Waals surface area contributed by atoms with E-state index in [0.717, 1.165) is 47.2 Å². The molecule has 0 spiro atoms. The van der Waals surface area contributed by atoms with Crippen molar-refractivity contribution in [1.29, 1.82) is 0 Å². The Labute approximate surface area is 184 Å². The van der Waals surface area contributed by atoms with E-state index >= 15 is 0 Å². The minimum Gasteiger partial charge on any atom is -0.487 e. The molecule has 4 rings (SSSR count). The van der Waals surface area contributed by atoms with Gasteiger partial charge in [-0.3, -0.25) is 0 Å². The van der Waals surface area contributed by atoms with Crippen molar-refractivity contribution < 1.29 is 14.2 Å². The lowest BCUT2D eigenvalue weighted by molar-refractivity contribution is 0.284. The number of nitrogens with zero attached hydrogens (tertiary/aromatic N) is 2. The van der Waals surface area contributed by atoms with Crippen LogP contribution in [0.25, 0.3) is 11.0 Å². The highest BCUT2D eigenvalue weighted by molar-refractivity contribution is 6.32. The van der Waals surface area contributed by atoms with Gasteiger partial charge in [0.1, 0.15) is 30.0 Å². The number of aromatic amines is 1. The summed E-state index contributed by atoms with van der Waals surface area (Å²) in [5, 5.41) is 12.7. The minimum atomic E-state index is -0.302. The van der Waals surface area contributed by atoms with Crippen LogP contribution in [0.4, 0.5) is 15.9 Å². The maximum absolute atomic E-state index is 13.3. The molecule has 0 amide bonds. The molecule has 8 heteroatoms. The Morgan fingerprint density at radius 3 is 2.81 bits per heavy atom.